The Bertz CT molecular complexity index is 1590. The molecule has 1 aromatic heterocycles. The van der Waals surface area contributed by atoms with Crippen molar-refractivity contribution in [1.82, 2.24) is 15.1 Å². The van der Waals surface area contributed by atoms with Crippen LogP contribution in [0.3, 0.4) is 0 Å². The van der Waals surface area contributed by atoms with Gasteiger partial charge in [-0.2, -0.15) is 5.10 Å². The molecule has 2 amide bonds. The lowest BCUT2D eigenvalue weighted by Gasteiger charge is -2.30. The fourth-order valence-electron chi connectivity index (χ4n) is 5.62. The zero-order valence-electron chi connectivity index (χ0n) is 22.6. The number of hydrogen-bond donors (Lipinski definition) is 3. The Labute approximate surface area is 239 Å². The molecule has 41 heavy (non-hydrogen) atoms. The van der Waals surface area contributed by atoms with Crippen molar-refractivity contribution < 1.29 is 15.4 Å². The van der Waals surface area contributed by atoms with Crippen LogP contribution < -0.4 is 15.5 Å². The van der Waals surface area contributed by atoms with E-state index in [4.69, 9.17) is 5.41 Å². The lowest BCUT2D eigenvalue weighted by molar-refractivity contribution is -0.124. The molecule has 210 valence electrons. The summed E-state index contributed by atoms with van der Waals surface area (Å²) in [5.74, 6) is -0.954. The maximum atomic E-state index is 14.3. The van der Waals surface area contributed by atoms with E-state index in [0.29, 0.717) is 29.0 Å². The Morgan fingerprint density at radius 1 is 1.12 bits per heavy atom. The van der Waals surface area contributed by atoms with Gasteiger partial charge in [-0.15, -0.1) is 0 Å². The van der Waals surface area contributed by atoms with Gasteiger partial charge in [0.15, 0.2) is 0 Å². The summed E-state index contributed by atoms with van der Waals surface area (Å²) >= 11 is 0. The lowest BCUT2D eigenvalue weighted by Crippen LogP contribution is -2.43. The van der Waals surface area contributed by atoms with Crippen LogP contribution in [0.2, 0.25) is 0 Å². The summed E-state index contributed by atoms with van der Waals surface area (Å²) in [7, 11) is 1.84. The van der Waals surface area contributed by atoms with E-state index in [1.807, 2.05) is 55.7 Å². The van der Waals surface area contributed by atoms with Crippen molar-refractivity contribution in [2.45, 2.75) is 31.3 Å². The highest BCUT2D eigenvalue weighted by atomic mass is 19.1. The third-order valence-electron chi connectivity index (χ3n) is 7.81. The quantitative estimate of drug-likeness (QED) is 0.242. The number of carbonyl (C=O) groups is 2. The second-order valence-electron chi connectivity index (χ2n) is 10.8. The molecule has 1 saturated carbocycles. The van der Waals surface area contributed by atoms with Crippen LogP contribution in [0.15, 0.2) is 85.2 Å². The van der Waals surface area contributed by atoms with Gasteiger partial charge in [-0.3, -0.25) is 14.3 Å². The van der Waals surface area contributed by atoms with Crippen molar-refractivity contribution in [2.75, 3.05) is 10.2 Å². The molecule has 0 radical (unpaired) electrons. The first-order valence-corrected chi connectivity index (χ1v) is 13.7. The number of halogens is 1. The normalized spacial score (nSPS) is 20.2. The van der Waals surface area contributed by atoms with Gasteiger partial charge >= 0.3 is 0 Å². The van der Waals surface area contributed by atoms with Crippen LogP contribution in [-0.2, 0) is 23.1 Å². The third kappa shape index (κ3) is 5.48. The first kappa shape index (κ1) is 26.4. The van der Waals surface area contributed by atoms with Gasteiger partial charge in [0.25, 0.3) is 0 Å². The highest BCUT2D eigenvalue weighted by Gasteiger charge is 2.50. The first-order chi connectivity index (χ1) is 19.9. The van der Waals surface area contributed by atoms with E-state index in [-0.39, 0.29) is 25.0 Å². The van der Waals surface area contributed by atoms with Crippen LogP contribution in [0.5, 0.6) is 0 Å². The minimum Gasteiger partial charge on any atom is -0.355 e. The fraction of sp³-hybridized carbons (Fsp3) is 0.250. The number of nitrogens with one attached hydrogen (secondary N) is 3. The summed E-state index contributed by atoms with van der Waals surface area (Å²) < 4.78 is 15.1. The monoisotopic (exact) mass is 552 g/mol. The minimum absolute atomic E-state index is 0. The predicted octanol–water partition coefficient (Wildman–Crippen LogP) is 5.39. The van der Waals surface area contributed by atoms with Crippen LogP contribution in [0, 0.1) is 23.1 Å². The molecule has 0 unspecified atom stereocenters. The topological polar surface area (TPSA) is 103 Å². The summed E-state index contributed by atoms with van der Waals surface area (Å²) in [6.45, 7) is 0. The average Bonchev–Trinajstić information content (AvgIpc) is 3.71. The number of amides is 2. The lowest BCUT2D eigenvalue weighted by atomic mass is 9.89. The predicted molar refractivity (Wildman–Crippen MR) is 158 cm³/mol. The van der Waals surface area contributed by atoms with Gasteiger partial charge in [0.05, 0.1) is 24.2 Å². The second-order valence-corrected chi connectivity index (χ2v) is 10.8. The Kier molecular flexibility index (Phi) is 7.09. The second kappa shape index (κ2) is 11.0. The highest BCUT2D eigenvalue weighted by molar-refractivity contribution is 6.01. The highest BCUT2D eigenvalue weighted by Crippen LogP contribution is 2.43. The number of aromatic nitrogens is 2. The Balaban J connectivity index is 0.00000353. The molecule has 4 aromatic rings. The van der Waals surface area contributed by atoms with Gasteiger partial charge in [0.2, 0.25) is 11.8 Å². The molecule has 2 heterocycles. The van der Waals surface area contributed by atoms with E-state index < -0.39 is 18.0 Å². The van der Waals surface area contributed by atoms with E-state index >= 15 is 0 Å². The van der Waals surface area contributed by atoms with Crippen LogP contribution in [0.4, 0.5) is 21.5 Å². The molecular weight excluding hydrogens is 519 g/mol. The van der Waals surface area contributed by atoms with Crippen molar-refractivity contribution in [3.63, 3.8) is 0 Å². The largest absolute Gasteiger partial charge is 0.355 e. The minimum atomic E-state index is -0.507. The van der Waals surface area contributed by atoms with E-state index in [1.54, 1.807) is 34.0 Å². The number of carbonyl (C=O) groups excluding carboxylic acids is 2. The number of hydrogen-bond acceptors (Lipinski definition) is 5. The molecule has 1 aliphatic heterocycles. The molecule has 3 atom stereocenters. The summed E-state index contributed by atoms with van der Waals surface area (Å²) in [6, 6.07) is 20.3. The number of benzene rings is 3. The molecule has 0 bridgehead atoms. The molecule has 2 aliphatic rings. The summed E-state index contributed by atoms with van der Waals surface area (Å²) in [5, 5.41) is 18.9. The van der Waals surface area contributed by atoms with Crippen molar-refractivity contribution in [3.05, 3.63) is 108 Å². The van der Waals surface area contributed by atoms with E-state index in [1.165, 1.54) is 18.3 Å². The van der Waals surface area contributed by atoms with Crippen molar-refractivity contribution >= 4 is 35.1 Å². The Morgan fingerprint density at radius 3 is 2.54 bits per heavy atom. The fourth-order valence-corrected chi connectivity index (χ4v) is 5.62. The van der Waals surface area contributed by atoms with Crippen molar-refractivity contribution in [2.24, 2.45) is 18.9 Å². The van der Waals surface area contributed by atoms with Crippen molar-refractivity contribution in [1.29, 1.82) is 5.41 Å². The summed E-state index contributed by atoms with van der Waals surface area (Å²) in [6.07, 6.45) is 7.05. The third-order valence-corrected chi connectivity index (χ3v) is 7.81. The number of rotatable bonds is 9. The zero-order chi connectivity index (χ0) is 28.5. The summed E-state index contributed by atoms with van der Waals surface area (Å²) in [5.41, 5.74) is 4.38. The SMILES string of the molecule is Cn1cc(C[C@H]2C(=O)N(c3ccc(Nc4ccc(F)cc4)c(C=N)c3)[C@H](c3ccccc3)[C@H]2NC(=O)C2CC2)cn1.[HH]. The molecule has 0 spiro atoms. The van der Waals surface area contributed by atoms with E-state index in [9.17, 15) is 14.0 Å². The molecule has 2 fully saturated rings. The van der Waals surface area contributed by atoms with Crippen LogP contribution in [-0.4, -0.2) is 33.9 Å². The standard InChI is InChI=1S/C32H31FN6O2.H2/c1-38-19-20(18-35-38)15-27-29(37-31(40)22-7-8-22)30(21-5-3-2-4-6-21)39(32(27)41)26-13-14-28(23(16-26)17-34)36-25-11-9-24(33)10-12-25;/h2-6,9-14,16-19,22,27,29-30,34,36H,7-8,15H2,1H3,(H,37,40);1H/t27-,29+,30-;/m1./s1. The van der Waals surface area contributed by atoms with Crippen LogP contribution >= 0.6 is 0 Å². The van der Waals surface area contributed by atoms with Crippen LogP contribution in [0.1, 0.15) is 37.0 Å². The number of nitrogens with zero attached hydrogens (tertiary/aromatic N) is 3. The molecule has 3 aromatic carbocycles. The van der Waals surface area contributed by atoms with Gasteiger partial charge in [0, 0.05) is 49.4 Å². The molecule has 1 aliphatic carbocycles. The van der Waals surface area contributed by atoms with Gasteiger partial charge in [-0.05, 0) is 72.9 Å². The molecule has 3 N–H and O–H groups in total. The average molecular weight is 553 g/mol. The maximum Gasteiger partial charge on any atom is 0.233 e. The molecule has 6 rings (SSSR count). The van der Waals surface area contributed by atoms with Gasteiger partial charge in [-0.25, -0.2) is 4.39 Å². The van der Waals surface area contributed by atoms with E-state index in [2.05, 4.69) is 15.7 Å². The van der Waals surface area contributed by atoms with Gasteiger partial charge in [-0.1, -0.05) is 30.3 Å². The molecule has 9 heteroatoms. The van der Waals surface area contributed by atoms with Gasteiger partial charge in [0.1, 0.15) is 5.82 Å². The van der Waals surface area contributed by atoms with E-state index in [0.717, 1.165) is 24.0 Å². The summed E-state index contributed by atoms with van der Waals surface area (Å²) in [4.78, 5) is 29.2. The Morgan fingerprint density at radius 2 is 1.88 bits per heavy atom. The first-order valence-electron chi connectivity index (χ1n) is 13.7. The number of aryl methyl sites for hydroxylation is 1. The molecular formula is C32H33FN6O2. The van der Waals surface area contributed by atoms with Crippen LogP contribution in [0.25, 0.3) is 0 Å². The smallest absolute Gasteiger partial charge is 0.233 e. The van der Waals surface area contributed by atoms with Crippen molar-refractivity contribution in [3.8, 4) is 0 Å². The number of anilines is 3. The van der Waals surface area contributed by atoms with Gasteiger partial charge < -0.3 is 20.9 Å². The molecule has 1 saturated heterocycles. The Hall–Kier alpha value is -4.79. The molecule has 8 nitrogen and oxygen atoms in total. The zero-order valence-corrected chi connectivity index (χ0v) is 22.6. The maximum absolute atomic E-state index is 14.3.